The Morgan fingerprint density at radius 2 is 2.04 bits per heavy atom. The molecule has 0 amide bonds. The highest BCUT2D eigenvalue weighted by Crippen LogP contribution is 2.33. The number of benzene rings is 1. The van der Waals surface area contributed by atoms with E-state index in [1.807, 2.05) is 0 Å². The Bertz CT molecular complexity index is 595. The van der Waals surface area contributed by atoms with Gasteiger partial charge in [-0.05, 0) is 18.2 Å². The summed E-state index contributed by atoms with van der Waals surface area (Å²) in [5, 5.41) is 19.1. The van der Waals surface area contributed by atoms with Crippen LogP contribution in [0.3, 0.4) is 0 Å². The highest BCUT2D eigenvalue weighted by Gasteiger charge is 2.33. The lowest BCUT2D eigenvalue weighted by molar-refractivity contribution is -0.137. The Kier molecular flexibility index (Phi) is 6.04. The molecule has 1 aliphatic heterocycles. The zero-order chi connectivity index (χ0) is 17.7. The van der Waals surface area contributed by atoms with Gasteiger partial charge in [-0.25, -0.2) is 0 Å². The lowest BCUT2D eigenvalue weighted by Gasteiger charge is -2.30. The van der Waals surface area contributed by atoms with E-state index in [-0.39, 0.29) is 6.54 Å². The van der Waals surface area contributed by atoms with Gasteiger partial charge in [0.1, 0.15) is 0 Å². The summed E-state index contributed by atoms with van der Waals surface area (Å²) in [6, 6.07) is 5.00. The van der Waals surface area contributed by atoms with E-state index in [0.717, 1.165) is 19.2 Å². The number of aliphatic hydroxyl groups is 1. The summed E-state index contributed by atoms with van der Waals surface area (Å²) in [4.78, 5) is 3.72. The molecule has 1 N–H and O–H groups in total. The van der Waals surface area contributed by atoms with Crippen molar-refractivity contribution in [1.82, 2.24) is 4.90 Å². The summed E-state index contributed by atoms with van der Waals surface area (Å²) < 4.78 is 43.7. The molecule has 1 aliphatic rings. The number of hydrogen-bond acceptors (Lipinski definition) is 5. The standard InChI is InChI=1S/C16H20F3N3O2/c1-21(10-14(23)11-22-4-6-24-7-5-22)13-2-3-15(16(17,18)19)12(8-13)9-20/h2-3,8,14,23H,4-7,10-11H2,1H3/t14-/m0/s1. The minimum absolute atomic E-state index is 0.258. The summed E-state index contributed by atoms with van der Waals surface area (Å²) in [6.07, 6.45) is -5.21. The van der Waals surface area contributed by atoms with Crippen LogP contribution in [0, 0.1) is 11.3 Å². The molecule has 5 nitrogen and oxygen atoms in total. The van der Waals surface area contributed by atoms with Gasteiger partial charge in [-0.1, -0.05) is 0 Å². The van der Waals surface area contributed by atoms with Crippen molar-refractivity contribution in [1.29, 1.82) is 5.26 Å². The normalized spacial score (nSPS) is 17.3. The van der Waals surface area contributed by atoms with Crippen LogP contribution in [0.5, 0.6) is 0 Å². The van der Waals surface area contributed by atoms with E-state index >= 15 is 0 Å². The van der Waals surface area contributed by atoms with Crippen LogP contribution in [0.4, 0.5) is 18.9 Å². The van der Waals surface area contributed by atoms with E-state index in [4.69, 9.17) is 10.00 Å². The first kappa shape index (κ1) is 18.5. The number of hydrogen-bond donors (Lipinski definition) is 1. The first-order valence-electron chi connectivity index (χ1n) is 7.62. The number of aliphatic hydroxyl groups excluding tert-OH is 1. The maximum absolute atomic E-state index is 12.8. The fourth-order valence-electron chi connectivity index (χ4n) is 2.67. The second-order valence-electron chi connectivity index (χ2n) is 5.79. The van der Waals surface area contributed by atoms with Crippen LogP contribution in [-0.2, 0) is 10.9 Å². The molecule has 1 aromatic carbocycles. The largest absolute Gasteiger partial charge is 0.417 e. The molecule has 0 bridgehead atoms. The number of likely N-dealkylation sites (N-methyl/N-ethyl adjacent to an activating group) is 1. The Morgan fingerprint density at radius 3 is 2.62 bits per heavy atom. The molecular formula is C16H20F3N3O2. The van der Waals surface area contributed by atoms with Crippen LogP contribution in [-0.4, -0.2) is 62.6 Å². The van der Waals surface area contributed by atoms with Crippen molar-refractivity contribution in [2.45, 2.75) is 12.3 Å². The van der Waals surface area contributed by atoms with Crippen LogP contribution in [0.15, 0.2) is 18.2 Å². The molecule has 0 saturated carbocycles. The molecule has 132 valence electrons. The Hall–Kier alpha value is -1.82. The molecule has 24 heavy (non-hydrogen) atoms. The highest BCUT2D eigenvalue weighted by atomic mass is 19.4. The monoisotopic (exact) mass is 343 g/mol. The molecule has 1 atom stereocenters. The topological polar surface area (TPSA) is 59.7 Å². The van der Waals surface area contributed by atoms with Crippen LogP contribution < -0.4 is 4.90 Å². The number of morpholine rings is 1. The van der Waals surface area contributed by atoms with Crippen molar-refractivity contribution in [3.05, 3.63) is 29.3 Å². The van der Waals surface area contributed by atoms with Crippen molar-refractivity contribution < 1.29 is 23.0 Å². The van der Waals surface area contributed by atoms with Crippen molar-refractivity contribution in [2.24, 2.45) is 0 Å². The first-order chi connectivity index (χ1) is 11.3. The Morgan fingerprint density at radius 1 is 1.38 bits per heavy atom. The quantitative estimate of drug-likeness (QED) is 0.882. The van der Waals surface area contributed by atoms with Gasteiger partial charge in [0.25, 0.3) is 0 Å². The lowest BCUT2D eigenvalue weighted by Crippen LogP contribution is -2.44. The fourth-order valence-corrected chi connectivity index (χ4v) is 2.67. The molecule has 0 radical (unpaired) electrons. The van der Waals surface area contributed by atoms with Gasteiger partial charge in [0.05, 0.1) is 36.5 Å². The third-order valence-electron chi connectivity index (χ3n) is 3.93. The molecular weight excluding hydrogens is 323 g/mol. The zero-order valence-electron chi connectivity index (χ0n) is 13.4. The van der Waals surface area contributed by atoms with Crippen LogP contribution in [0.1, 0.15) is 11.1 Å². The third-order valence-corrected chi connectivity index (χ3v) is 3.93. The number of anilines is 1. The molecule has 1 heterocycles. The van der Waals surface area contributed by atoms with E-state index < -0.39 is 23.4 Å². The maximum Gasteiger partial charge on any atom is 0.417 e. The highest BCUT2D eigenvalue weighted by molar-refractivity contribution is 5.55. The minimum atomic E-state index is -4.56. The summed E-state index contributed by atoms with van der Waals surface area (Å²) >= 11 is 0. The van der Waals surface area contributed by atoms with Gasteiger partial charge >= 0.3 is 6.18 Å². The number of ether oxygens (including phenoxy) is 1. The molecule has 8 heteroatoms. The predicted octanol–water partition coefficient (Wildman–Crippen LogP) is 1.71. The average molecular weight is 343 g/mol. The molecule has 0 unspecified atom stereocenters. The van der Waals surface area contributed by atoms with Gasteiger partial charge in [0.15, 0.2) is 0 Å². The molecule has 0 spiro atoms. The van der Waals surface area contributed by atoms with Gasteiger partial charge in [0, 0.05) is 38.9 Å². The second-order valence-corrected chi connectivity index (χ2v) is 5.79. The van der Waals surface area contributed by atoms with Crippen LogP contribution >= 0.6 is 0 Å². The summed E-state index contributed by atoms with van der Waals surface area (Å²) in [5.41, 5.74) is -0.911. The number of alkyl halides is 3. The van der Waals surface area contributed by atoms with Gasteiger partial charge in [-0.3, -0.25) is 4.90 Å². The molecule has 1 fully saturated rings. The molecule has 2 rings (SSSR count). The predicted molar refractivity (Wildman–Crippen MR) is 82.7 cm³/mol. The smallest absolute Gasteiger partial charge is 0.390 e. The van der Waals surface area contributed by atoms with E-state index in [2.05, 4.69) is 4.90 Å². The van der Waals surface area contributed by atoms with Gasteiger partial charge in [0.2, 0.25) is 0 Å². The van der Waals surface area contributed by atoms with Gasteiger partial charge in [-0.2, -0.15) is 18.4 Å². The first-order valence-corrected chi connectivity index (χ1v) is 7.62. The van der Waals surface area contributed by atoms with Gasteiger partial charge in [-0.15, -0.1) is 0 Å². The van der Waals surface area contributed by atoms with E-state index in [0.29, 0.717) is 25.4 Å². The number of rotatable bonds is 5. The number of β-amino-alcohol motifs (C(OH)–C–C–N with tert-alkyl or cyclic N) is 1. The summed E-state index contributed by atoms with van der Waals surface area (Å²) in [7, 11) is 1.67. The maximum atomic E-state index is 12.8. The average Bonchev–Trinajstić information content (AvgIpc) is 2.54. The Balaban J connectivity index is 2.01. The van der Waals surface area contributed by atoms with Crippen LogP contribution in [0.2, 0.25) is 0 Å². The van der Waals surface area contributed by atoms with Crippen molar-refractivity contribution in [3.8, 4) is 6.07 Å². The Labute approximate surface area is 138 Å². The van der Waals surface area contributed by atoms with Crippen molar-refractivity contribution >= 4 is 5.69 Å². The molecule has 0 aliphatic carbocycles. The number of nitrogens with zero attached hydrogens (tertiary/aromatic N) is 3. The SMILES string of the molecule is CN(C[C@H](O)CN1CCOCC1)c1ccc(C(F)(F)F)c(C#N)c1. The van der Waals surface area contributed by atoms with Crippen molar-refractivity contribution in [3.63, 3.8) is 0 Å². The van der Waals surface area contributed by atoms with E-state index in [1.165, 1.54) is 12.1 Å². The molecule has 0 aromatic heterocycles. The summed E-state index contributed by atoms with van der Waals surface area (Å²) in [6.45, 7) is 3.49. The summed E-state index contributed by atoms with van der Waals surface area (Å²) in [5.74, 6) is 0. The number of nitriles is 1. The van der Waals surface area contributed by atoms with Crippen molar-refractivity contribution in [2.75, 3.05) is 51.3 Å². The fraction of sp³-hybridized carbons (Fsp3) is 0.562. The van der Waals surface area contributed by atoms with E-state index in [1.54, 1.807) is 18.0 Å². The van der Waals surface area contributed by atoms with E-state index in [9.17, 15) is 18.3 Å². The second kappa shape index (κ2) is 7.83. The zero-order valence-corrected chi connectivity index (χ0v) is 13.4. The minimum Gasteiger partial charge on any atom is -0.390 e. The third kappa shape index (κ3) is 4.84. The molecule has 1 aromatic rings. The lowest BCUT2D eigenvalue weighted by atomic mass is 10.1. The number of halogens is 3. The van der Waals surface area contributed by atoms with Crippen LogP contribution in [0.25, 0.3) is 0 Å². The molecule has 1 saturated heterocycles. The van der Waals surface area contributed by atoms with Gasteiger partial charge < -0.3 is 14.7 Å².